The minimum atomic E-state index is -3.10. The SMILES string of the molecule is CC1(NC(=O)CCc2c(-c3ccccc3)[nH]c3ccc(F)cc23)CCS(=O)(=O)C1. The largest absolute Gasteiger partial charge is 0.354 e. The molecule has 0 spiro atoms. The maximum absolute atomic E-state index is 13.9. The van der Waals surface area contributed by atoms with E-state index in [1.807, 2.05) is 30.3 Å². The Morgan fingerprint density at radius 2 is 1.97 bits per heavy atom. The van der Waals surface area contributed by atoms with Crippen LogP contribution in [-0.4, -0.2) is 36.4 Å². The molecular formula is C22H23FN2O3S. The second-order valence-electron chi connectivity index (χ2n) is 7.99. The van der Waals surface area contributed by atoms with Crippen molar-refractivity contribution in [2.24, 2.45) is 0 Å². The molecule has 1 amide bonds. The summed E-state index contributed by atoms with van der Waals surface area (Å²) in [6, 6.07) is 14.3. The van der Waals surface area contributed by atoms with Crippen LogP contribution in [0.4, 0.5) is 4.39 Å². The lowest BCUT2D eigenvalue weighted by molar-refractivity contribution is -0.122. The number of hydrogen-bond acceptors (Lipinski definition) is 3. The lowest BCUT2D eigenvalue weighted by atomic mass is 9.99. The third kappa shape index (κ3) is 4.19. The highest BCUT2D eigenvalue weighted by Gasteiger charge is 2.39. The number of sulfone groups is 1. The van der Waals surface area contributed by atoms with Crippen molar-refractivity contribution < 1.29 is 17.6 Å². The predicted octanol–water partition coefficient (Wildman–Crippen LogP) is 3.60. The number of hydrogen-bond donors (Lipinski definition) is 2. The van der Waals surface area contributed by atoms with Gasteiger partial charge in [-0.15, -0.1) is 0 Å². The smallest absolute Gasteiger partial charge is 0.220 e. The second-order valence-corrected chi connectivity index (χ2v) is 10.2. The Morgan fingerprint density at radius 3 is 2.66 bits per heavy atom. The number of amides is 1. The van der Waals surface area contributed by atoms with E-state index in [0.29, 0.717) is 12.8 Å². The number of halogens is 1. The van der Waals surface area contributed by atoms with Crippen molar-refractivity contribution in [3.05, 3.63) is 59.9 Å². The van der Waals surface area contributed by atoms with Crippen molar-refractivity contribution in [1.29, 1.82) is 0 Å². The summed E-state index contributed by atoms with van der Waals surface area (Å²) in [4.78, 5) is 15.9. The van der Waals surface area contributed by atoms with Gasteiger partial charge in [0.05, 0.1) is 17.0 Å². The van der Waals surface area contributed by atoms with Gasteiger partial charge in [-0.05, 0) is 49.1 Å². The molecule has 1 atom stereocenters. The molecule has 4 rings (SSSR count). The standard InChI is InChI=1S/C22H23FN2O3S/c1-22(11-12-29(27,28)14-22)25-20(26)10-8-17-18-13-16(23)7-9-19(18)24-21(17)15-5-3-2-4-6-15/h2-7,9,13,24H,8,10-12,14H2,1H3,(H,25,26). The summed E-state index contributed by atoms with van der Waals surface area (Å²) in [7, 11) is -3.10. The Labute approximate surface area is 169 Å². The Balaban J connectivity index is 1.59. The van der Waals surface area contributed by atoms with Gasteiger partial charge in [0.15, 0.2) is 9.84 Å². The van der Waals surface area contributed by atoms with Gasteiger partial charge in [0.25, 0.3) is 0 Å². The van der Waals surface area contributed by atoms with Crippen LogP contribution in [0.2, 0.25) is 0 Å². The van der Waals surface area contributed by atoms with Crippen LogP contribution in [0.5, 0.6) is 0 Å². The van der Waals surface area contributed by atoms with E-state index in [2.05, 4.69) is 10.3 Å². The molecule has 1 unspecified atom stereocenters. The number of rotatable bonds is 5. The third-order valence-corrected chi connectivity index (χ3v) is 7.38. The number of aromatic amines is 1. The van der Waals surface area contributed by atoms with E-state index in [4.69, 9.17) is 0 Å². The fraction of sp³-hybridized carbons (Fsp3) is 0.318. The molecule has 29 heavy (non-hydrogen) atoms. The zero-order valence-corrected chi connectivity index (χ0v) is 17.0. The van der Waals surface area contributed by atoms with Gasteiger partial charge < -0.3 is 10.3 Å². The van der Waals surface area contributed by atoms with E-state index in [9.17, 15) is 17.6 Å². The topological polar surface area (TPSA) is 79.0 Å². The lowest BCUT2D eigenvalue weighted by Crippen LogP contribution is -2.47. The van der Waals surface area contributed by atoms with Gasteiger partial charge in [-0.3, -0.25) is 4.79 Å². The number of nitrogens with one attached hydrogen (secondary N) is 2. The Hall–Kier alpha value is -2.67. The number of H-pyrrole nitrogens is 1. The van der Waals surface area contributed by atoms with Crippen LogP contribution in [0.25, 0.3) is 22.2 Å². The molecule has 1 fully saturated rings. The van der Waals surface area contributed by atoms with Crippen LogP contribution in [0.15, 0.2) is 48.5 Å². The second kappa shape index (κ2) is 7.30. The van der Waals surface area contributed by atoms with Crippen LogP contribution in [0, 0.1) is 5.82 Å². The molecule has 3 aromatic rings. The van der Waals surface area contributed by atoms with Crippen LogP contribution in [0.3, 0.4) is 0 Å². The molecule has 2 aromatic carbocycles. The zero-order chi connectivity index (χ0) is 20.6. The molecule has 0 aliphatic carbocycles. The molecule has 1 aromatic heterocycles. The third-order valence-electron chi connectivity index (χ3n) is 5.48. The summed E-state index contributed by atoms with van der Waals surface area (Å²) in [5.41, 5.74) is 2.81. The van der Waals surface area contributed by atoms with Crippen molar-refractivity contribution in [2.75, 3.05) is 11.5 Å². The van der Waals surface area contributed by atoms with E-state index >= 15 is 0 Å². The summed E-state index contributed by atoms with van der Waals surface area (Å²) in [6.45, 7) is 1.77. The summed E-state index contributed by atoms with van der Waals surface area (Å²) < 4.78 is 37.4. The van der Waals surface area contributed by atoms with E-state index in [-0.39, 0.29) is 29.7 Å². The van der Waals surface area contributed by atoms with E-state index < -0.39 is 15.4 Å². The number of aryl methyl sites for hydroxylation is 1. The lowest BCUT2D eigenvalue weighted by Gasteiger charge is -2.23. The van der Waals surface area contributed by atoms with Crippen molar-refractivity contribution in [3.63, 3.8) is 0 Å². The number of carbonyl (C=O) groups excluding carboxylic acids is 1. The van der Waals surface area contributed by atoms with Crippen LogP contribution < -0.4 is 5.32 Å². The fourth-order valence-electron chi connectivity index (χ4n) is 4.08. The van der Waals surface area contributed by atoms with E-state index in [1.54, 1.807) is 13.0 Å². The highest BCUT2D eigenvalue weighted by atomic mass is 32.2. The van der Waals surface area contributed by atoms with Gasteiger partial charge in [-0.25, -0.2) is 12.8 Å². The Bertz CT molecular complexity index is 1170. The number of fused-ring (bicyclic) bond motifs is 1. The minimum absolute atomic E-state index is 0.0285. The van der Waals surface area contributed by atoms with Gasteiger partial charge in [0.2, 0.25) is 5.91 Å². The first kappa shape index (κ1) is 19.6. The van der Waals surface area contributed by atoms with Crippen LogP contribution in [-0.2, 0) is 21.1 Å². The molecular weight excluding hydrogens is 391 g/mol. The molecule has 0 saturated carbocycles. The number of carbonyl (C=O) groups is 1. The van der Waals surface area contributed by atoms with Crippen LogP contribution >= 0.6 is 0 Å². The molecule has 2 heterocycles. The van der Waals surface area contributed by atoms with Gasteiger partial charge in [-0.1, -0.05) is 30.3 Å². The van der Waals surface area contributed by atoms with E-state index in [0.717, 1.165) is 27.7 Å². The maximum atomic E-state index is 13.9. The van der Waals surface area contributed by atoms with E-state index in [1.165, 1.54) is 12.1 Å². The molecule has 2 N–H and O–H groups in total. The van der Waals surface area contributed by atoms with Crippen molar-refractivity contribution in [1.82, 2.24) is 10.3 Å². The van der Waals surface area contributed by atoms with Crippen molar-refractivity contribution in [2.45, 2.75) is 31.7 Å². The first-order valence-corrected chi connectivity index (χ1v) is 11.4. The Morgan fingerprint density at radius 1 is 1.21 bits per heavy atom. The monoisotopic (exact) mass is 414 g/mol. The Kier molecular flexibility index (Phi) is 4.94. The maximum Gasteiger partial charge on any atom is 0.220 e. The summed E-state index contributed by atoms with van der Waals surface area (Å²) in [5, 5.41) is 3.65. The van der Waals surface area contributed by atoms with Crippen molar-refractivity contribution >= 4 is 26.6 Å². The molecule has 1 saturated heterocycles. The summed E-state index contributed by atoms with van der Waals surface area (Å²) in [6.07, 6.45) is 1.04. The fourth-order valence-corrected chi connectivity index (χ4v) is 6.17. The molecule has 0 bridgehead atoms. The number of aromatic nitrogens is 1. The average Bonchev–Trinajstić information content (AvgIpc) is 3.16. The van der Waals surface area contributed by atoms with Gasteiger partial charge in [-0.2, -0.15) is 0 Å². The predicted molar refractivity (Wildman–Crippen MR) is 112 cm³/mol. The average molecular weight is 415 g/mol. The minimum Gasteiger partial charge on any atom is -0.354 e. The summed E-state index contributed by atoms with van der Waals surface area (Å²) in [5.74, 6) is -0.456. The van der Waals surface area contributed by atoms with Crippen molar-refractivity contribution in [3.8, 4) is 11.3 Å². The highest BCUT2D eigenvalue weighted by Crippen LogP contribution is 2.32. The molecule has 1 aliphatic rings. The molecule has 1 aliphatic heterocycles. The molecule has 7 heteroatoms. The highest BCUT2D eigenvalue weighted by molar-refractivity contribution is 7.91. The first-order chi connectivity index (χ1) is 13.7. The summed E-state index contributed by atoms with van der Waals surface area (Å²) >= 11 is 0. The van der Waals surface area contributed by atoms with Crippen LogP contribution in [0.1, 0.15) is 25.3 Å². The van der Waals surface area contributed by atoms with Gasteiger partial charge >= 0.3 is 0 Å². The van der Waals surface area contributed by atoms with Gasteiger partial charge in [0.1, 0.15) is 5.82 Å². The normalized spacial score (nSPS) is 20.8. The zero-order valence-electron chi connectivity index (χ0n) is 16.2. The quantitative estimate of drug-likeness (QED) is 0.670. The number of benzene rings is 2. The molecule has 5 nitrogen and oxygen atoms in total. The molecule has 0 radical (unpaired) electrons. The first-order valence-electron chi connectivity index (χ1n) is 9.62. The van der Waals surface area contributed by atoms with Gasteiger partial charge in [0, 0.05) is 23.0 Å². The molecule has 152 valence electrons.